The molecule has 1 atom stereocenters. The normalized spacial score (nSPS) is 11.9. The number of nitrogens with one attached hydrogen (secondary N) is 2. The largest absolute Gasteiger partial charge is 0.380 e. The molecule has 0 aromatic heterocycles. The molecule has 0 saturated heterocycles. The van der Waals surface area contributed by atoms with Gasteiger partial charge in [-0.25, -0.2) is 0 Å². The molecule has 0 saturated carbocycles. The molecule has 0 radical (unpaired) electrons. The first-order valence-electron chi connectivity index (χ1n) is 8.67. The minimum absolute atomic E-state index is 0.0495. The molecular weight excluding hydrogens is 328 g/mol. The number of methoxy groups -OCH3 is 1. The number of aryl methyl sites for hydroxylation is 1. The van der Waals surface area contributed by atoms with Crippen molar-refractivity contribution in [1.82, 2.24) is 5.32 Å². The Kier molecular flexibility index (Phi) is 6.92. The summed E-state index contributed by atoms with van der Waals surface area (Å²) in [6.45, 7) is 6.24. The van der Waals surface area contributed by atoms with E-state index < -0.39 is 6.04 Å². The van der Waals surface area contributed by atoms with Crippen LogP contribution in [0.1, 0.15) is 35.3 Å². The maximum absolute atomic E-state index is 12.7. The van der Waals surface area contributed by atoms with Crippen LogP contribution in [-0.2, 0) is 16.1 Å². The Labute approximate surface area is 154 Å². The number of carbonyl (C=O) groups is 2. The number of carbonyl (C=O) groups excluding carboxylic acids is 2. The summed E-state index contributed by atoms with van der Waals surface area (Å²) in [5.74, 6) is -0.548. The Morgan fingerprint density at radius 2 is 1.77 bits per heavy atom. The zero-order chi connectivity index (χ0) is 19.1. The number of hydrogen-bond donors (Lipinski definition) is 2. The van der Waals surface area contributed by atoms with Gasteiger partial charge in [-0.2, -0.15) is 0 Å². The summed E-state index contributed by atoms with van der Waals surface area (Å²) in [4.78, 5) is 25.1. The van der Waals surface area contributed by atoms with E-state index in [9.17, 15) is 9.59 Å². The summed E-state index contributed by atoms with van der Waals surface area (Å²) >= 11 is 0. The molecule has 0 heterocycles. The van der Waals surface area contributed by atoms with Crippen LogP contribution in [0.25, 0.3) is 0 Å². The third-order valence-corrected chi connectivity index (χ3v) is 4.06. The zero-order valence-electron chi connectivity index (χ0n) is 15.7. The second kappa shape index (κ2) is 9.15. The molecule has 0 aliphatic heterocycles. The SMILES string of the molecule is COCc1cccc(NC(=O)C(NC(=O)c2ccc(C)cc2)C(C)C)c1. The van der Waals surface area contributed by atoms with Crippen LogP contribution in [0.5, 0.6) is 0 Å². The number of anilines is 1. The lowest BCUT2D eigenvalue weighted by Crippen LogP contribution is -2.47. The molecule has 0 fully saturated rings. The Bertz CT molecular complexity index is 754. The van der Waals surface area contributed by atoms with E-state index in [0.29, 0.717) is 17.9 Å². The topological polar surface area (TPSA) is 67.4 Å². The molecule has 0 aliphatic carbocycles. The van der Waals surface area contributed by atoms with Gasteiger partial charge in [0.15, 0.2) is 0 Å². The summed E-state index contributed by atoms with van der Waals surface area (Å²) in [7, 11) is 1.63. The summed E-state index contributed by atoms with van der Waals surface area (Å²) in [5, 5.41) is 5.72. The van der Waals surface area contributed by atoms with Crippen LogP contribution in [-0.4, -0.2) is 25.0 Å². The molecule has 0 spiro atoms. The molecule has 1 unspecified atom stereocenters. The van der Waals surface area contributed by atoms with E-state index in [1.54, 1.807) is 19.2 Å². The number of rotatable bonds is 7. The molecular formula is C21H26N2O3. The third kappa shape index (κ3) is 5.43. The van der Waals surface area contributed by atoms with Crippen molar-refractivity contribution < 1.29 is 14.3 Å². The van der Waals surface area contributed by atoms with Crippen molar-refractivity contribution in [3.63, 3.8) is 0 Å². The average molecular weight is 354 g/mol. The number of amides is 2. The van der Waals surface area contributed by atoms with Gasteiger partial charge in [0.1, 0.15) is 6.04 Å². The molecule has 26 heavy (non-hydrogen) atoms. The van der Waals surface area contributed by atoms with Gasteiger partial charge in [0, 0.05) is 18.4 Å². The second-order valence-electron chi connectivity index (χ2n) is 6.68. The molecule has 2 aromatic carbocycles. The molecule has 2 aromatic rings. The van der Waals surface area contributed by atoms with E-state index in [-0.39, 0.29) is 17.7 Å². The molecule has 2 rings (SSSR count). The van der Waals surface area contributed by atoms with E-state index in [2.05, 4.69) is 10.6 Å². The standard InChI is InChI=1S/C21H26N2O3/c1-14(2)19(23-20(24)17-10-8-15(3)9-11-17)21(25)22-18-7-5-6-16(12-18)13-26-4/h5-12,14,19H,13H2,1-4H3,(H,22,25)(H,23,24). The van der Waals surface area contributed by atoms with Gasteiger partial charge in [0.05, 0.1) is 6.61 Å². The average Bonchev–Trinajstić information content (AvgIpc) is 2.60. The van der Waals surface area contributed by atoms with Crippen molar-refractivity contribution in [2.75, 3.05) is 12.4 Å². The summed E-state index contributed by atoms with van der Waals surface area (Å²) < 4.78 is 5.11. The van der Waals surface area contributed by atoms with Crippen LogP contribution in [0.2, 0.25) is 0 Å². The predicted octanol–water partition coefficient (Wildman–Crippen LogP) is 3.53. The van der Waals surface area contributed by atoms with Crippen LogP contribution < -0.4 is 10.6 Å². The van der Waals surface area contributed by atoms with Crippen molar-refractivity contribution in [2.45, 2.75) is 33.4 Å². The van der Waals surface area contributed by atoms with E-state index in [1.165, 1.54) is 0 Å². The van der Waals surface area contributed by atoms with Gasteiger partial charge in [0.25, 0.3) is 5.91 Å². The monoisotopic (exact) mass is 354 g/mol. The molecule has 5 nitrogen and oxygen atoms in total. The Morgan fingerprint density at radius 3 is 2.38 bits per heavy atom. The molecule has 5 heteroatoms. The maximum Gasteiger partial charge on any atom is 0.251 e. The Morgan fingerprint density at radius 1 is 1.08 bits per heavy atom. The lowest BCUT2D eigenvalue weighted by molar-refractivity contribution is -0.118. The van der Waals surface area contributed by atoms with Crippen molar-refractivity contribution in [1.29, 1.82) is 0 Å². The predicted molar refractivity (Wildman–Crippen MR) is 103 cm³/mol. The fraction of sp³-hybridized carbons (Fsp3) is 0.333. The minimum atomic E-state index is -0.630. The molecule has 0 aliphatic rings. The van der Waals surface area contributed by atoms with Gasteiger partial charge in [-0.05, 0) is 42.7 Å². The summed E-state index contributed by atoms with van der Waals surface area (Å²) in [6.07, 6.45) is 0. The highest BCUT2D eigenvalue weighted by Crippen LogP contribution is 2.14. The van der Waals surface area contributed by atoms with Crippen molar-refractivity contribution in [2.24, 2.45) is 5.92 Å². The highest BCUT2D eigenvalue weighted by Gasteiger charge is 2.24. The van der Waals surface area contributed by atoms with Gasteiger partial charge in [-0.3, -0.25) is 9.59 Å². The van der Waals surface area contributed by atoms with Gasteiger partial charge < -0.3 is 15.4 Å². The first-order valence-corrected chi connectivity index (χ1v) is 8.67. The fourth-order valence-electron chi connectivity index (χ4n) is 2.59. The van der Waals surface area contributed by atoms with E-state index in [1.807, 2.05) is 57.2 Å². The highest BCUT2D eigenvalue weighted by atomic mass is 16.5. The molecule has 0 bridgehead atoms. The minimum Gasteiger partial charge on any atom is -0.380 e. The van der Waals surface area contributed by atoms with E-state index >= 15 is 0 Å². The maximum atomic E-state index is 12.7. The molecule has 2 N–H and O–H groups in total. The Balaban J connectivity index is 2.08. The van der Waals surface area contributed by atoms with Crippen molar-refractivity contribution >= 4 is 17.5 Å². The fourth-order valence-corrected chi connectivity index (χ4v) is 2.59. The summed E-state index contributed by atoms with van der Waals surface area (Å²) in [6, 6.07) is 14.1. The van der Waals surface area contributed by atoms with Crippen molar-refractivity contribution in [3.8, 4) is 0 Å². The second-order valence-corrected chi connectivity index (χ2v) is 6.68. The Hall–Kier alpha value is -2.66. The van der Waals surface area contributed by atoms with Crippen molar-refractivity contribution in [3.05, 3.63) is 65.2 Å². The van der Waals surface area contributed by atoms with Crippen LogP contribution in [0.15, 0.2) is 48.5 Å². The van der Waals surface area contributed by atoms with Gasteiger partial charge in [-0.1, -0.05) is 43.7 Å². The number of benzene rings is 2. The van der Waals surface area contributed by atoms with Crippen LogP contribution in [0.3, 0.4) is 0 Å². The van der Waals surface area contributed by atoms with Crippen LogP contribution >= 0.6 is 0 Å². The smallest absolute Gasteiger partial charge is 0.251 e. The van der Waals surface area contributed by atoms with Crippen LogP contribution in [0.4, 0.5) is 5.69 Å². The van der Waals surface area contributed by atoms with Crippen LogP contribution in [0, 0.1) is 12.8 Å². The quantitative estimate of drug-likeness (QED) is 0.799. The summed E-state index contributed by atoms with van der Waals surface area (Å²) in [5.41, 5.74) is 3.27. The molecule has 138 valence electrons. The highest BCUT2D eigenvalue weighted by molar-refractivity contribution is 6.01. The van der Waals surface area contributed by atoms with Gasteiger partial charge >= 0.3 is 0 Å². The first-order chi connectivity index (χ1) is 12.4. The lowest BCUT2D eigenvalue weighted by Gasteiger charge is -2.22. The van der Waals surface area contributed by atoms with Gasteiger partial charge in [-0.15, -0.1) is 0 Å². The number of ether oxygens (including phenoxy) is 1. The van der Waals surface area contributed by atoms with Gasteiger partial charge in [0.2, 0.25) is 5.91 Å². The first kappa shape index (κ1) is 19.7. The zero-order valence-corrected chi connectivity index (χ0v) is 15.7. The van der Waals surface area contributed by atoms with E-state index in [4.69, 9.17) is 4.74 Å². The third-order valence-electron chi connectivity index (χ3n) is 4.06. The number of hydrogen-bond acceptors (Lipinski definition) is 3. The van der Waals surface area contributed by atoms with E-state index in [0.717, 1.165) is 11.1 Å². The molecule has 2 amide bonds. The lowest BCUT2D eigenvalue weighted by atomic mass is 10.0.